The second-order valence-corrected chi connectivity index (χ2v) is 7.96. The summed E-state index contributed by atoms with van der Waals surface area (Å²) >= 11 is 0. The number of primary amides is 1. The largest absolute Gasteiger partial charge is 0.480 e. The predicted octanol–water partition coefficient (Wildman–Crippen LogP) is -3.10. The van der Waals surface area contributed by atoms with Crippen LogP contribution in [0.4, 0.5) is 0 Å². The third-order valence-electron chi connectivity index (χ3n) is 5.22. The van der Waals surface area contributed by atoms with Gasteiger partial charge < -0.3 is 42.0 Å². The van der Waals surface area contributed by atoms with Crippen LogP contribution in [0, 0.1) is 5.92 Å². The molecule has 4 amide bonds. The third-order valence-corrected chi connectivity index (χ3v) is 5.22. The number of methoxy groups -OCH3 is 1. The van der Waals surface area contributed by atoms with E-state index in [1.165, 1.54) is 25.9 Å². The summed E-state index contributed by atoms with van der Waals surface area (Å²) in [5.74, 6) is -4.53. The van der Waals surface area contributed by atoms with E-state index in [0.29, 0.717) is 6.42 Å². The first-order valence-corrected chi connectivity index (χ1v) is 10.2. The van der Waals surface area contributed by atoms with Crippen LogP contribution in [0.15, 0.2) is 0 Å². The number of hydrogen-bond acceptors (Lipinski definition) is 8. The number of rotatable bonds is 11. The van der Waals surface area contributed by atoms with Crippen molar-refractivity contribution in [2.24, 2.45) is 17.4 Å². The molecule has 0 saturated carbocycles. The van der Waals surface area contributed by atoms with Crippen LogP contribution in [0.1, 0.15) is 33.1 Å². The van der Waals surface area contributed by atoms with E-state index in [1.54, 1.807) is 0 Å². The summed E-state index contributed by atoms with van der Waals surface area (Å²) in [6, 6.07) is -3.55. The van der Waals surface area contributed by atoms with Gasteiger partial charge in [-0.1, -0.05) is 0 Å². The smallest absolute Gasteiger partial charge is 0.326 e. The van der Waals surface area contributed by atoms with Gasteiger partial charge in [-0.25, -0.2) is 4.79 Å². The molecule has 6 atom stereocenters. The normalized spacial score (nSPS) is 22.2. The average molecular weight is 460 g/mol. The van der Waals surface area contributed by atoms with Crippen molar-refractivity contribution in [3.05, 3.63) is 0 Å². The van der Waals surface area contributed by atoms with E-state index in [9.17, 15) is 29.1 Å². The highest BCUT2D eigenvalue weighted by Gasteiger charge is 2.37. The minimum atomic E-state index is -1.46. The monoisotopic (exact) mass is 459 g/mol. The minimum Gasteiger partial charge on any atom is -0.480 e. The molecule has 182 valence electrons. The van der Waals surface area contributed by atoms with E-state index >= 15 is 0 Å². The number of carboxylic acid groups (broad SMARTS) is 1. The summed E-state index contributed by atoms with van der Waals surface area (Å²) in [7, 11) is 1.46. The number of hydrogen-bond donors (Lipinski definition) is 6. The Hall–Kier alpha value is -2.77. The Morgan fingerprint density at radius 3 is 2.28 bits per heavy atom. The Kier molecular flexibility index (Phi) is 10.5. The number of carboxylic acids is 1. The molecule has 0 bridgehead atoms. The molecule has 1 rings (SSSR count). The predicted molar refractivity (Wildman–Crippen MR) is 111 cm³/mol. The molecule has 32 heavy (non-hydrogen) atoms. The van der Waals surface area contributed by atoms with Crippen LogP contribution in [-0.4, -0.2) is 95.2 Å². The number of aliphatic hydroxyl groups excluding tert-OH is 1. The van der Waals surface area contributed by atoms with Crippen LogP contribution in [0.2, 0.25) is 0 Å². The van der Waals surface area contributed by atoms with Crippen molar-refractivity contribution in [3.63, 3.8) is 0 Å². The second kappa shape index (κ2) is 12.3. The maximum atomic E-state index is 13.0. The molecule has 0 aliphatic carbocycles. The van der Waals surface area contributed by atoms with Gasteiger partial charge in [-0.15, -0.1) is 0 Å². The molecule has 8 N–H and O–H groups in total. The van der Waals surface area contributed by atoms with Crippen LogP contribution in [0.5, 0.6) is 0 Å². The Morgan fingerprint density at radius 1 is 1.19 bits per heavy atom. The first kappa shape index (κ1) is 27.3. The van der Waals surface area contributed by atoms with Gasteiger partial charge in [0.1, 0.15) is 12.1 Å². The van der Waals surface area contributed by atoms with Gasteiger partial charge >= 0.3 is 5.97 Å². The van der Waals surface area contributed by atoms with Crippen molar-refractivity contribution in [2.75, 3.05) is 20.2 Å². The number of nitrogens with one attached hydrogen (secondary N) is 2. The van der Waals surface area contributed by atoms with Gasteiger partial charge in [0.05, 0.1) is 24.7 Å². The molecule has 0 aromatic carbocycles. The molecule has 1 saturated heterocycles. The van der Waals surface area contributed by atoms with Gasteiger partial charge in [-0.2, -0.15) is 0 Å². The average Bonchev–Trinajstić information content (AvgIpc) is 2.69. The fourth-order valence-corrected chi connectivity index (χ4v) is 3.48. The molecular formula is C19H33N5O8. The van der Waals surface area contributed by atoms with E-state index in [1.807, 2.05) is 0 Å². The number of nitrogens with zero attached hydrogens (tertiary/aromatic N) is 1. The van der Waals surface area contributed by atoms with Crippen LogP contribution in [-0.2, 0) is 28.7 Å². The lowest BCUT2D eigenvalue weighted by atomic mass is 9.90. The van der Waals surface area contributed by atoms with Crippen LogP contribution >= 0.6 is 0 Å². The number of aliphatic carboxylic acids is 1. The maximum Gasteiger partial charge on any atom is 0.326 e. The zero-order valence-electron chi connectivity index (χ0n) is 18.4. The number of ether oxygens (including phenoxy) is 1. The van der Waals surface area contributed by atoms with Crippen molar-refractivity contribution in [1.82, 2.24) is 15.5 Å². The minimum absolute atomic E-state index is 0.0790. The molecule has 0 unspecified atom stereocenters. The summed E-state index contributed by atoms with van der Waals surface area (Å²) in [4.78, 5) is 60.9. The lowest BCUT2D eigenvalue weighted by Gasteiger charge is -2.39. The first-order chi connectivity index (χ1) is 14.9. The highest BCUT2D eigenvalue weighted by Crippen LogP contribution is 2.24. The fourth-order valence-electron chi connectivity index (χ4n) is 3.48. The quantitative estimate of drug-likeness (QED) is 0.184. The molecule has 0 aromatic rings. The lowest BCUT2D eigenvalue weighted by Crippen LogP contribution is -2.59. The number of amides is 4. The summed E-state index contributed by atoms with van der Waals surface area (Å²) < 4.78 is 5.41. The zero-order chi connectivity index (χ0) is 24.6. The SMILES string of the molecule is CO[C@H]1CCN(C(=O)[C@@H](NC(=O)[C@H](C)N)[C@H](C)O)C[C@H]1CC(=O)N[C@@H](CC(N)=O)C(=O)O. The van der Waals surface area contributed by atoms with Gasteiger partial charge in [0.25, 0.3) is 0 Å². The van der Waals surface area contributed by atoms with Crippen molar-refractivity contribution in [3.8, 4) is 0 Å². The van der Waals surface area contributed by atoms with Crippen LogP contribution in [0.25, 0.3) is 0 Å². The molecule has 13 heteroatoms. The molecule has 1 aliphatic rings. The number of nitrogens with two attached hydrogens (primary N) is 2. The molecule has 13 nitrogen and oxygen atoms in total. The van der Waals surface area contributed by atoms with Gasteiger partial charge in [0.2, 0.25) is 23.6 Å². The maximum absolute atomic E-state index is 13.0. The first-order valence-electron chi connectivity index (χ1n) is 10.2. The Morgan fingerprint density at radius 2 is 1.81 bits per heavy atom. The second-order valence-electron chi connectivity index (χ2n) is 7.96. The number of piperidine rings is 1. The van der Waals surface area contributed by atoms with Crippen LogP contribution < -0.4 is 22.1 Å². The third kappa shape index (κ3) is 8.05. The van der Waals surface area contributed by atoms with Gasteiger partial charge in [-0.3, -0.25) is 19.2 Å². The molecule has 0 aromatic heterocycles. The Balaban J connectivity index is 2.88. The molecular weight excluding hydrogens is 426 g/mol. The van der Waals surface area contributed by atoms with Crippen molar-refractivity contribution in [2.45, 2.75) is 63.4 Å². The van der Waals surface area contributed by atoms with E-state index in [4.69, 9.17) is 21.3 Å². The summed E-state index contributed by atoms with van der Waals surface area (Å²) in [6.07, 6.45) is -1.90. The van der Waals surface area contributed by atoms with Gasteiger partial charge in [0.15, 0.2) is 0 Å². The van der Waals surface area contributed by atoms with Crippen molar-refractivity contribution in [1.29, 1.82) is 0 Å². The van der Waals surface area contributed by atoms with E-state index < -0.39 is 66.2 Å². The number of carbonyl (C=O) groups is 5. The summed E-state index contributed by atoms with van der Waals surface area (Å²) in [5, 5.41) is 23.8. The zero-order valence-corrected chi connectivity index (χ0v) is 18.4. The van der Waals surface area contributed by atoms with E-state index in [2.05, 4.69) is 10.6 Å². The van der Waals surface area contributed by atoms with E-state index in [-0.39, 0.29) is 25.6 Å². The number of carbonyl (C=O) groups excluding carboxylic acids is 4. The fraction of sp³-hybridized carbons (Fsp3) is 0.737. The van der Waals surface area contributed by atoms with Crippen LogP contribution in [0.3, 0.4) is 0 Å². The molecule has 0 spiro atoms. The Bertz CT molecular complexity index is 714. The van der Waals surface area contributed by atoms with Crippen molar-refractivity contribution >= 4 is 29.6 Å². The summed E-state index contributed by atoms with van der Waals surface area (Å²) in [6.45, 7) is 3.16. The molecule has 0 radical (unpaired) electrons. The lowest BCUT2D eigenvalue weighted by molar-refractivity contribution is -0.145. The van der Waals surface area contributed by atoms with Crippen molar-refractivity contribution < 1.29 is 38.9 Å². The highest BCUT2D eigenvalue weighted by atomic mass is 16.5. The van der Waals surface area contributed by atoms with Gasteiger partial charge in [-0.05, 0) is 20.3 Å². The van der Waals surface area contributed by atoms with E-state index in [0.717, 1.165) is 0 Å². The van der Waals surface area contributed by atoms with Gasteiger partial charge in [0, 0.05) is 32.5 Å². The number of likely N-dealkylation sites (tertiary alicyclic amines) is 1. The molecule has 1 fully saturated rings. The summed E-state index contributed by atoms with van der Waals surface area (Å²) in [5.41, 5.74) is 10.5. The number of aliphatic hydroxyl groups is 1. The molecule has 1 heterocycles. The standard InChI is InChI=1S/C19H33N5O8/c1-9(20)17(28)23-16(10(2)25)18(29)24-5-4-13(32-3)11(8-24)6-15(27)22-12(19(30)31)7-14(21)26/h9-13,16,25H,4-8,20H2,1-3H3,(H2,21,26)(H,22,27)(H,23,28)(H,30,31)/t9-,10-,11+,12-,13-,16-/m0/s1. The highest BCUT2D eigenvalue weighted by molar-refractivity contribution is 5.90. The molecule has 1 aliphatic heterocycles. The topological polar surface area (TPSA) is 214 Å². The Labute approximate surface area is 185 Å².